The molecule has 1 amide bonds. The van der Waals surface area contributed by atoms with Gasteiger partial charge in [-0.05, 0) is 48.0 Å². The van der Waals surface area contributed by atoms with Gasteiger partial charge in [-0.2, -0.15) is 5.26 Å². The Bertz CT molecular complexity index is 833. The largest absolute Gasteiger partial charge is 0.508 e. The lowest BCUT2D eigenvalue weighted by molar-refractivity contribution is -0.139. The first-order valence-electron chi connectivity index (χ1n) is 7.15. The van der Waals surface area contributed by atoms with Gasteiger partial charge >= 0.3 is 5.97 Å². The first-order chi connectivity index (χ1) is 12.0. The molecule has 2 aromatic rings. The quantitative estimate of drug-likeness (QED) is 0.423. The number of benzene rings is 2. The van der Waals surface area contributed by atoms with E-state index in [-0.39, 0.29) is 11.3 Å². The van der Waals surface area contributed by atoms with Crippen LogP contribution in [0.1, 0.15) is 5.56 Å². The van der Waals surface area contributed by atoms with Crippen LogP contribution in [-0.2, 0) is 9.59 Å². The number of ether oxygens (including phenoxy) is 1. The van der Waals surface area contributed by atoms with Crippen molar-refractivity contribution in [3.63, 3.8) is 0 Å². The van der Waals surface area contributed by atoms with Crippen LogP contribution in [0.3, 0.4) is 0 Å². The number of nitrogens with one attached hydrogen (secondary N) is 1. The van der Waals surface area contributed by atoms with E-state index in [1.54, 1.807) is 24.3 Å². The predicted octanol–water partition coefficient (Wildman–Crippen LogP) is 2.40. The van der Waals surface area contributed by atoms with E-state index in [2.05, 4.69) is 5.32 Å². The molecule has 3 N–H and O–H groups in total. The van der Waals surface area contributed by atoms with E-state index in [0.717, 1.165) is 0 Å². The summed E-state index contributed by atoms with van der Waals surface area (Å²) < 4.78 is 5.00. The van der Waals surface area contributed by atoms with Crippen LogP contribution < -0.4 is 10.1 Å². The first-order valence-corrected chi connectivity index (χ1v) is 7.15. The standard InChI is InChI=1S/C18H14N2O5/c19-10-13(18(24)20-14-3-5-15(21)6-4-14)9-12-1-7-16(8-2-12)25-11-17(22)23/h1-9,21H,11H2,(H,20,24)(H,22,23)/b13-9+. The number of aromatic hydroxyl groups is 1. The number of aliphatic carboxylic acids is 1. The number of anilines is 1. The van der Waals surface area contributed by atoms with E-state index < -0.39 is 18.5 Å². The maximum absolute atomic E-state index is 12.1. The number of phenols is 1. The molecule has 0 atom stereocenters. The van der Waals surface area contributed by atoms with E-state index in [4.69, 9.17) is 9.84 Å². The van der Waals surface area contributed by atoms with E-state index in [1.807, 2.05) is 6.07 Å². The highest BCUT2D eigenvalue weighted by Gasteiger charge is 2.09. The monoisotopic (exact) mass is 338 g/mol. The molecule has 7 nitrogen and oxygen atoms in total. The molecular weight excluding hydrogens is 324 g/mol. The molecule has 126 valence electrons. The molecule has 0 aliphatic carbocycles. The summed E-state index contributed by atoms with van der Waals surface area (Å²) in [6.45, 7) is -0.451. The van der Waals surface area contributed by atoms with E-state index in [1.165, 1.54) is 30.3 Å². The van der Waals surface area contributed by atoms with Crippen molar-refractivity contribution in [1.82, 2.24) is 0 Å². The molecular formula is C18H14N2O5. The lowest BCUT2D eigenvalue weighted by Crippen LogP contribution is -2.13. The third-order valence-corrected chi connectivity index (χ3v) is 3.04. The minimum absolute atomic E-state index is 0.0688. The first kappa shape index (κ1) is 17.6. The number of phenolic OH excluding ortho intramolecular Hbond substituents is 1. The van der Waals surface area contributed by atoms with Gasteiger partial charge in [0, 0.05) is 5.69 Å². The highest BCUT2D eigenvalue weighted by Crippen LogP contribution is 2.17. The van der Waals surface area contributed by atoms with Gasteiger partial charge in [0.05, 0.1) is 0 Å². The molecule has 7 heteroatoms. The van der Waals surface area contributed by atoms with Gasteiger partial charge in [0.2, 0.25) is 0 Å². The van der Waals surface area contributed by atoms with Gasteiger partial charge in [-0.25, -0.2) is 4.79 Å². The molecule has 0 radical (unpaired) electrons. The van der Waals surface area contributed by atoms with Crippen LogP contribution in [0.2, 0.25) is 0 Å². The van der Waals surface area contributed by atoms with Crippen LogP contribution >= 0.6 is 0 Å². The van der Waals surface area contributed by atoms with Crippen molar-refractivity contribution in [2.75, 3.05) is 11.9 Å². The number of hydrogen-bond acceptors (Lipinski definition) is 5. The molecule has 0 saturated heterocycles. The summed E-state index contributed by atoms with van der Waals surface area (Å²) in [5.41, 5.74) is 0.925. The van der Waals surface area contributed by atoms with Gasteiger partial charge in [0.1, 0.15) is 23.1 Å². The van der Waals surface area contributed by atoms with Crippen LogP contribution in [0.4, 0.5) is 5.69 Å². The van der Waals surface area contributed by atoms with Gasteiger partial charge in [-0.3, -0.25) is 4.79 Å². The molecule has 0 fully saturated rings. The van der Waals surface area contributed by atoms with Crippen molar-refractivity contribution in [2.45, 2.75) is 0 Å². The normalized spacial score (nSPS) is 10.6. The summed E-state index contributed by atoms with van der Waals surface area (Å²) in [4.78, 5) is 22.6. The Morgan fingerprint density at radius 1 is 1.12 bits per heavy atom. The second-order valence-corrected chi connectivity index (χ2v) is 4.92. The van der Waals surface area contributed by atoms with E-state index in [0.29, 0.717) is 17.0 Å². The van der Waals surface area contributed by atoms with Crippen molar-refractivity contribution in [1.29, 1.82) is 5.26 Å². The predicted molar refractivity (Wildman–Crippen MR) is 89.9 cm³/mol. The van der Waals surface area contributed by atoms with Crippen molar-refractivity contribution >= 4 is 23.6 Å². The minimum atomic E-state index is -1.08. The average Bonchev–Trinajstić information content (AvgIpc) is 2.60. The van der Waals surface area contributed by atoms with Gasteiger partial charge in [0.15, 0.2) is 6.61 Å². The number of carbonyl (C=O) groups is 2. The Kier molecular flexibility index (Phi) is 5.74. The summed E-state index contributed by atoms with van der Waals surface area (Å²) in [5, 5.41) is 29.5. The summed E-state index contributed by atoms with van der Waals surface area (Å²) in [7, 11) is 0. The second kappa shape index (κ2) is 8.17. The molecule has 0 aliphatic rings. The van der Waals surface area contributed by atoms with Crippen LogP contribution in [0, 0.1) is 11.3 Å². The number of amides is 1. The molecule has 0 heterocycles. The molecule has 0 aliphatic heterocycles. The maximum atomic E-state index is 12.1. The number of nitriles is 1. The zero-order valence-corrected chi connectivity index (χ0v) is 13.0. The molecule has 0 saturated carbocycles. The third-order valence-electron chi connectivity index (χ3n) is 3.04. The molecule has 0 bridgehead atoms. The fourth-order valence-corrected chi connectivity index (χ4v) is 1.86. The fraction of sp³-hybridized carbons (Fsp3) is 0.0556. The smallest absolute Gasteiger partial charge is 0.341 e. The zero-order valence-electron chi connectivity index (χ0n) is 13.0. The summed E-state index contributed by atoms with van der Waals surface area (Å²) in [6, 6.07) is 14.0. The van der Waals surface area contributed by atoms with Gasteiger partial charge in [-0.1, -0.05) is 12.1 Å². The fourth-order valence-electron chi connectivity index (χ4n) is 1.86. The molecule has 25 heavy (non-hydrogen) atoms. The molecule has 2 aromatic carbocycles. The third kappa shape index (κ3) is 5.41. The van der Waals surface area contributed by atoms with Crippen molar-refractivity contribution in [3.05, 3.63) is 59.7 Å². The van der Waals surface area contributed by atoms with Gasteiger partial charge in [0.25, 0.3) is 5.91 Å². The molecule has 2 rings (SSSR count). The Balaban J connectivity index is 2.08. The summed E-state index contributed by atoms with van der Waals surface area (Å²) in [6.07, 6.45) is 1.40. The van der Waals surface area contributed by atoms with Gasteiger partial charge in [-0.15, -0.1) is 0 Å². The number of carboxylic acid groups (broad SMARTS) is 1. The number of hydrogen-bond donors (Lipinski definition) is 3. The van der Waals surface area contributed by atoms with Crippen LogP contribution in [-0.4, -0.2) is 28.7 Å². The highest BCUT2D eigenvalue weighted by atomic mass is 16.5. The molecule has 0 aromatic heterocycles. The second-order valence-electron chi connectivity index (χ2n) is 4.92. The van der Waals surface area contributed by atoms with Crippen molar-refractivity contribution in [2.24, 2.45) is 0 Å². The Hall–Kier alpha value is -3.79. The van der Waals surface area contributed by atoms with Crippen molar-refractivity contribution < 1.29 is 24.5 Å². The topological polar surface area (TPSA) is 120 Å². The van der Waals surface area contributed by atoms with Crippen LogP contribution in [0.5, 0.6) is 11.5 Å². The summed E-state index contributed by atoms with van der Waals surface area (Å²) in [5.74, 6) is -1.23. The van der Waals surface area contributed by atoms with Gasteiger partial charge < -0.3 is 20.3 Å². The zero-order chi connectivity index (χ0) is 18.2. The Labute approximate surface area is 143 Å². The number of nitrogens with zero attached hydrogens (tertiary/aromatic N) is 1. The van der Waals surface area contributed by atoms with Crippen LogP contribution in [0.25, 0.3) is 6.08 Å². The number of carbonyl (C=O) groups excluding carboxylic acids is 1. The van der Waals surface area contributed by atoms with E-state index >= 15 is 0 Å². The van der Waals surface area contributed by atoms with E-state index in [9.17, 15) is 20.0 Å². The maximum Gasteiger partial charge on any atom is 0.341 e. The average molecular weight is 338 g/mol. The highest BCUT2D eigenvalue weighted by molar-refractivity contribution is 6.09. The van der Waals surface area contributed by atoms with Crippen LogP contribution in [0.15, 0.2) is 54.1 Å². The SMILES string of the molecule is N#C/C(=C\c1ccc(OCC(=O)O)cc1)C(=O)Nc1ccc(O)cc1. The molecule has 0 unspecified atom stereocenters. The Morgan fingerprint density at radius 2 is 1.76 bits per heavy atom. The summed E-state index contributed by atoms with van der Waals surface area (Å²) >= 11 is 0. The minimum Gasteiger partial charge on any atom is -0.508 e. The number of carboxylic acids is 1. The van der Waals surface area contributed by atoms with Crippen molar-refractivity contribution in [3.8, 4) is 17.6 Å². The Morgan fingerprint density at radius 3 is 2.32 bits per heavy atom. The molecule has 0 spiro atoms. The lowest BCUT2D eigenvalue weighted by Gasteiger charge is -2.05. The number of rotatable bonds is 6. The lowest BCUT2D eigenvalue weighted by atomic mass is 10.1.